The van der Waals surface area contributed by atoms with Crippen LogP contribution in [0.15, 0.2) is 24.4 Å². The average molecular weight is 274 g/mol. The fourth-order valence-corrected chi connectivity index (χ4v) is 2.35. The van der Waals surface area contributed by atoms with E-state index in [0.29, 0.717) is 23.4 Å². The molecule has 2 aromatic rings. The van der Waals surface area contributed by atoms with Crippen LogP contribution >= 0.6 is 0 Å². The molecule has 0 saturated heterocycles. The number of ketones is 1. The number of fused-ring (bicyclic) bond motifs is 1. The number of hydrogen-bond donors (Lipinski definition) is 0. The number of carbonyl (C=O) groups is 1. The zero-order valence-corrected chi connectivity index (χ0v) is 10.7. The van der Waals surface area contributed by atoms with E-state index in [-0.39, 0.29) is 12.2 Å². The molecule has 0 unspecified atom stereocenters. The van der Waals surface area contributed by atoms with Crippen LogP contribution in [-0.4, -0.2) is 15.8 Å². The van der Waals surface area contributed by atoms with Crippen molar-refractivity contribution >= 4 is 5.78 Å². The van der Waals surface area contributed by atoms with E-state index in [9.17, 15) is 13.6 Å². The van der Waals surface area contributed by atoms with Crippen molar-refractivity contribution in [3.05, 3.63) is 58.7 Å². The third kappa shape index (κ3) is 2.43. The van der Waals surface area contributed by atoms with Crippen molar-refractivity contribution in [1.29, 1.82) is 0 Å². The number of benzene rings is 1. The van der Waals surface area contributed by atoms with Gasteiger partial charge in [0.25, 0.3) is 0 Å². The summed E-state index contributed by atoms with van der Waals surface area (Å²) < 4.78 is 26.4. The molecule has 1 aliphatic rings. The first-order valence-corrected chi connectivity index (χ1v) is 6.45. The van der Waals surface area contributed by atoms with Crippen molar-refractivity contribution in [1.82, 2.24) is 9.97 Å². The van der Waals surface area contributed by atoms with Gasteiger partial charge >= 0.3 is 0 Å². The molecule has 0 aliphatic heterocycles. The normalized spacial score (nSPS) is 14.2. The Kier molecular flexibility index (Phi) is 3.26. The second-order valence-corrected chi connectivity index (χ2v) is 4.84. The quantitative estimate of drug-likeness (QED) is 0.845. The fourth-order valence-electron chi connectivity index (χ4n) is 2.35. The molecule has 102 valence electrons. The lowest BCUT2D eigenvalue weighted by Crippen LogP contribution is -2.15. The van der Waals surface area contributed by atoms with E-state index in [2.05, 4.69) is 9.97 Å². The molecule has 1 heterocycles. The monoisotopic (exact) mass is 274 g/mol. The average Bonchev–Trinajstić information content (AvgIpc) is 2.42. The Morgan fingerprint density at radius 3 is 2.85 bits per heavy atom. The lowest BCUT2D eigenvalue weighted by molar-refractivity contribution is 0.0971. The van der Waals surface area contributed by atoms with E-state index < -0.39 is 11.6 Å². The van der Waals surface area contributed by atoms with Crippen molar-refractivity contribution in [2.75, 3.05) is 0 Å². The van der Waals surface area contributed by atoms with Crippen LogP contribution < -0.4 is 0 Å². The molecule has 0 atom stereocenters. The van der Waals surface area contributed by atoms with Gasteiger partial charge in [0, 0.05) is 25.1 Å². The van der Waals surface area contributed by atoms with Crippen LogP contribution in [0, 0.1) is 11.6 Å². The Hall–Kier alpha value is -2.17. The lowest BCUT2D eigenvalue weighted by atomic mass is 9.96. The van der Waals surface area contributed by atoms with Crippen molar-refractivity contribution in [2.24, 2.45) is 0 Å². The maximum Gasteiger partial charge on any atom is 0.166 e. The number of carbonyl (C=O) groups excluding carboxylic acids is 1. The molecule has 0 radical (unpaired) electrons. The van der Waals surface area contributed by atoms with Gasteiger partial charge < -0.3 is 0 Å². The van der Waals surface area contributed by atoms with Gasteiger partial charge in [-0.3, -0.25) is 4.79 Å². The summed E-state index contributed by atoms with van der Waals surface area (Å²) in [7, 11) is 0. The number of hydrogen-bond acceptors (Lipinski definition) is 3. The first-order valence-electron chi connectivity index (χ1n) is 6.45. The van der Waals surface area contributed by atoms with Crippen LogP contribution in [0.1, 0.15) is 40.3 Å². The van der Waals surface area contributed by atoms with Gasteiger partial charge in [-0.1, -0.05) is 6.07 Å². The van der Waals surface area contributed by atoms with Crippen LogP contribution in [0.25, 0.3) is 0 Å². The highest BCUT2D eigenvalue weighted by Gasteiger charge is 2.19. The topological polar surface area (TPSA) is 42.9 Å². The molecule has 20 heavy (non-hydrogen) atoms. The fraction of sp³-hybridized carbons (Fsp3) is 0.267. The van der Waals surface area contributed by atoms with Crippen LogP contribution in [0.5, 0.6) is 0 Å². The third-order valence-electron chi connectivity index (χ3n) is 3.40. The first kappa shape index (κ1) is 12.8. The van der Waals surface area contributed by atoms with Gasteiger partial charge in [0.15, 0.2) is 5.78 Å². The maximum absolute atomic E-state index is 13.6. The molecule has 1 aromatic carbocycles. The highest BCUT2D eigenvalue weighted by atomic mass is 19.1. The Morgan fingerprint density at radius 1 is 1.20 bits per heavy atom. The molecule has 0 N–H and O–H groups in total. The molecule has 5 heteroatoms. The van der Waals surface area contributed by atoms with Crippen molar-refractivity contribution in [2.45, 2.75) is 25.7 Å². The minimum Gasteiger partial charge on any atom is -0.294 e. The van der Waals surface area contributed by atoms with E-state index in [4.69, 9.17) is 0 Å². The summed E-state index contributed by atoms with van der Waals surface area (Å²) in [5, 5.41) is 0. The maximum atomic E-state index is 13.6. The van der Waals surface area contributed by atoms with Crippen LogP contribution in [0.2, 0.25) is 0 Å². The minimum atomic E-state index is -0.609. The van der Waals surface area contributed by atoms with Crippen molar-refractivity contribution < 1.29 is 13.6 Å². The second-order valence-electron chi connectivity index (χ2n) is 4.84. The van der Waals surface area contributed by atoms with E-state index in [1.807, 2.05) is 0 Å². The summed E-state index contributed by atoms with van der Waals surface area (Å²) >= 11 is 0. The molecule has 3 rings (SSSR count). The van der Waals surface area contributed by atoms with Gasteiger partial charge in [-0.25, -0.2) is 18.7 Å². The van der Waals surface area contributed by atoms with E-state index in [1.54, 1.807) is 0 Å². The second kappa shape index (κ2) is 5.07. The summed E-state index contributed by atoms with van der Waals surface area (Å²) in [5.41, 5.74) is 1.64. The number of aryl methyl sites for hydroxylation is 1. The molecule has 1 aromatic heterocycles. The summed E-state index contributed by atoms with van der Waals surface area (Å²) in [5.74, 6) is -0.708. The van der Waals surface area contributed by atoms with Gasteiger partial charge in [0.1, 0.15) is 17.5 Å². The van der Waals surface area contributed by atoms with Crippen LogP contribution in [-0.2, 0) is 12.8 Å². The van der Waals surface area contributed by atoms with Gasteiger partial charge in [-0.2, -0.15) is 0 Å². The van der Waals surface area contributed by atoms with Gasteiger partial charge in [0.05, 0.1) is 11.3 Å². The van der Waals surface area contributed by atoms with E-state index in [1.165, 1.54) is 18.3 Å². The van der Waals surface area contributed by atoms with Gasteiger partial charge in [-0.15, -0.1) is 0 Å². The number of Topliss-reactive ketones (excluding diaryl/α,β-unsaturated/α-hetero) is 1. The standard InChI is InChI=1S/C15H12F2N2O/c16-10-5-4-9(12(17)7-10)6-15-18-8-11-13(19-15)2-1-3-14(11)20/h4-5,7-8H,1-3,6H2. The molecule has 3 nitrogen and oxygen atoms in total. The van der Waals surface area contributed by atoms with E-state index in [0.717, 1.165) is 24.6 Å². The van der Waals surface area contributed by atoms with E-state index >= 15 is 0 Å². The zero-order valence-electron chi connectivity index (χ0n) is 10.7. The predicted molar refractivity (Wildman–Crippen MR) is 68.5 cm³/mol. The zero-order chi connectivity index (χ0) is 14.1. The number of rotatable bonds is 2. The highest BCUT2D eigenvalue weighted by Crippen LogP contribution is 2.20. The molecule has 0 bridgehead atoms. The Balaban J connectivity index is 1.90. The Bertz CT molecular complexity index is 686. The summed E-state index contributed by atoms with van der Waals surface area (Å²) in [6, 6.07) is 3.44. The van der Waals surface area contributed by atoms with Crippen molar-refractivity contribution in [3.8, 4) is 0 Å². The van der Waals surface area contributed by atoms with Crippen molar-refractivity contribution in [3.63, 3.8) is 0 Å². The summed E-state index contributed by atoms with van der Waals surface area (Å²) in [6.07, 6.45) is 3.76. The molecule has 0 spiro atoms. The largest absolute Gasteiger partial charge is 0.294 e. The number of nitrogens with zero attached hydrogens (tertiary/aromatic N) is 2. The first-order chi connectivity index (χ1) is 9.63. The molecule has 0 amide bonds. The predicted octanol–water partition coefficient (Wildman–Crippen LogP) is 2.86. The third-order valence-corrected chi connectivity index (χ3v) is 3.40. The molecular formula is C15H12F2N2O. The minimum absolute atomic E-state index is 0.0609. The molecular weight excluding hydrogens is 262 g/mol. The van der Waals surface area contributed by atoms with Gasteiger partial charge in [0.2, 0.25) is 0 Å². The van der Waals surface area contributed by atoms with Crippen LogP contribution in [0.3, 0.4) is 0 Å². The highest BCUT2D eigenvalue weighted by molar-refractivity contribution is 5.97. The molecule has 1 aliphatic carbocycles. The molecule has 0 fully saturated rings. The summed E-state index contributed by atoms with van der Waals surface area (Å²) in [6.45, 7) is 0. The number of halogens is 2. The lowest BCUT2D eigenvalue weighted by Gasteiger charge is -2.13. The number of aromatic nitrogens is 2. The summed E-state index contributed by atoms with van der Waals surface area (Å²) in [4.78, 5) is 20.1. The SMILES string of the molecule is O=C1CCCc2nc(Cc3ccc(F)cc3F)ncc21. The Morgan fingerprint density at radius 2 is 2.05 bits per heavy atom. The van der Waals surface area contributed by atoms with Crippen LogP contribution in [0.4, 0.5) is 8.78 Å². The Labute approximate surface area is 114 Å². The molecule has 0 saturated carbocycles. The van der Waals surface area contributed by atoms with Gasteiger partial charge in [-0.05, 0) is 24.5 Å². The smallest absolute Gasteiger partial charge is 0.166 e.